The first-order chi connectivity index (χ1) is 11.1. The second-order valence-electron chi connectivity index (χ2n) is 6.01. The molecule has 23 heavy (non-hydrogen) atoms. The number of nitrogens with zero attached hydrogens (tertiary/aromatic N) is 2. The zero-order valence-corrected chi connectivity index (χ0v) is 13.7. The van der Waals surface area contributed by atoms with Crippen LogP contribution in [-0.2, 0) is 17.8 Å². The predicted molar refractivity (Wildman–Crippen MR) is 91.8 cm³/mol. The molecule has 0 unspecified atom stereocenters. The number of ether oxygens (including phenoxy) is 1. The molecule has 0 spiro atoms. The van der Waals surface area contributed by atoms with E-state index in [-0.39, 0.29) is 5.91 Å². The highest BCUT2D eigenvalue weighted by Crippen LogP contribution is 2.27. The smallest absolute Gasteiger partial charge is 0.227 e. The van der Waals surface area contributed by atoms with Gasteiger partial charge in [0.1, 0.15) is 12.4 Å². The Morgan fingerprint density at radius 3 is 2.70 bits per heavy atom. The van der Waals surface area contributed by atoms with Crippen LogP contribution < -0.4 is 9.64 Å². The molecule has 0 fully saturated rings. The molecule has 0 aromatic heterocycles. The van der Waals surface area contributed by atoms with Crippen LogP contribution in [0.3, 0.4) is 0 Å². The van der Waals surface area contributed by atoms with Crippen molar-refractivity contribution in [2.45, 2.75) is 13.0 Å². The van der Waals surface area contributed by atoms with Gasteiger partial charge in [-0.3, -0.25) is 4.79 Å². The van der Waals surface area contributed by atoms with E-state index in [0.717, 1.165) is 22.6 Å². The molecule has 0 N–H and O–H groups in total. The molecule has 1 heterocycles. The molecule has 0 radical (unpaired) electrons. The van der Waals surface area contributed by atoms with E-state index in [2.05, 4.69) is 11.0 Å². The maximum absolute atomic E-state index is 12.6. The molecule has 1 aliphatic rings. The summed E-state index contributed by atoms with van der Waals surface area (Å²) in [5.41, 5.74) is 3.23. The molecule has 4 nitrogen and oxygen atoms in total. The molecule has 0 saturated carbocycles. The SMILES string of the molecule is CN(C)c1ccc2c(c1)CN(C(=O)Cc1ccccc1)CCO2. The van der Waals surface area contributed by atoms with Crippen molar-refractivity contribution >= 4 is 11.6 Å². The Hall–Kier alpha value is -2.49. The Kier molecular flexibility index (Phi) is 4.51. The van der Waals surface area contributed by atoms with Crippen LogP contribution in [0.4, 0.5) is 5.69 Å². The van der Waals surface area contributed by atoms with Crippen LogP contribution in [-0.4, -0.2) is 38.1 Å². The summed E-state index contributed by atoms with van der Waals surface area (Å²) in [6.45, 7) is 1.76. The molecule has 1 aliphatic heterocycles. The molecule has 0 saturated heterocycles. The first kappa shape index (κ1) is 15.4. The van der Waals surface area contributed by atoms with Crippen molar-refractivity contribution in [3.8, 4) is 5.75 Å². The normalized spacial score (nSPS) is 13.7. The number of carbonyl (C=O) groups excluding carboxylic acids is 1. The third kappa shape index (κ3) is 3.65. The standard InChI is InChI=1S/C19H22N2O2/c1-20(2)17-8-9-18-16(13-17)14-21(10-11-23-18)19(22)12-15-6-4-3-5-7-15/h3-9,13H,10-12,14H2,1-2H3. The van der Waals surface area contributed by atoms with E-state index in [1.54, 1.807) is 0 Å². The van der Waals surface area contributed by atoms with Gasteiger partial charge in [-0.15, -0.1) is 0 Å². The average molecular weight is 310 g/mol. The van der Waals surface area contributed by atoms with Crippen LogP contribution in [0.1, 0.15) is 11.1 Å². The Balaban J connectivity index is 1.77. The zero-order chi connectivity index (χ0) is 16.2. The lowest BCUT2D eigenvalue weighted by Gasteiger charge is -2.21. The summed E-state index contributed by atoms with van der Waals surface area (Å²) < 4.78 is 5.80. The molecule has 0 aliphatic carbocycles. The summed E-state index contributed by atoms with van der Waals surface area (Å²) in [7, 11) is 4.02. The van der Waals surface area contributed by atoms with Crippen molar-refractivity contribution in [1.29, 1.82) is 0 Å². The lowest BCUT2D eigenvalue weighted by Crippen LogP contribution is -2.33. The van der Waals surface area contributed by atoms with Crippen molar-refractivity contribution in [3.63, 3.8) is 0 Å². The first-order valence-corrected chi connectivity index (χ1v) is 7.88. The highest BCUT2D eigenvalue weighted by molar-refractivity contribution is 5.79. The maximum atomic E-state index is 12.6. The van der Waals surface area contributed by atoms with Crippen LogP contribution in [0.5, 0.6) is 5.75 Å². The van der Waals surface area contributed by atoms with Gasteiger partial charge in [0.25, 0.3) is 0 Å². The van der Waals surface area contributed by atoms with Crippen molar-refractivity contribution < 1.29 is 9.53 Å². The summed E-state index contributed by atoms with van der Waals surface area (Å²) in [5.74, 6) is 1.02. The van der Waals surface area contributed by atoms with E-state index < -0.39 is 0 Å². The Labute approximate surface area is 137 Å². The highest BCUT2D eigenvalue weighted by Gasteiger charge is 2.20. The minimum absolute atomic E-state index is 0.142. The van der Waals surface area contributed by atoms with Gasteiger partial charge in [0, 0.05) is 31.9 Å². The Morgan fingerprint density at radius 2 is 1.96 bits per heavy atom. The van der Waals surface area contributed by atoms with E-state index in [0.29, 0.717) is 26.1 Å². The highest BCUT2D eigenvalue weighted by atomic mass is 16.5. The summed E-state index contributed by atoms with van der Waals surface area (Å²) in [5, 5.41) is 0. The molecular weight excluding hydrogens is 288 g/mol. The monoisotopic (exact) mass is 310 g/mol. The number of anilines is 1. The molecule has 1 amide bonds. The molecule has 120 valence electrons. The zero-order valence-electron chi connectivity index (χ0n) is 13.7. The van der Waals surface area contributed by atoms with Crippen LogP contribution in [0.2, 0.25) is 0 Å². The quantitative estimate of drug-likeness (QED) is 0.874. The van der Waals surface area contributed by atoms with Gasteiger partial charge in [0.15, 0.2) is 0 Å². The van der Waals surface area contributed by atoms with E-state index in [9.17, 15) is 4.79 Å². The minimum atomic E-state index is 0.142. The van der Waals surface area contributed by atoms with E-state index in [1.165, 1.54) is 0 Å². The average Bonchev–Trinajstić information content (AvgIpc) is 2.77. The van der Waals surface area contributed by atoms with E-state index >= 15 is 0 Å². The van der Waals surface area contributed by atoms with Crippen molar-refractivity contribution in [3.05, 3.63) is 59.7 Å². The van der Waals surface area contributed by atoms with Gasteiger partial charge in [0.05, 0.1) is 13.0 Å². The maximum Gasteiger partial charge on any atom is 0.227 e. The molecule has 0 bridgehead atoms. The topological polar surface area (TPSA) is 32.8 Å². The fraction of sp³-hybridized carbons (Fsp3) is 0.316. The van der Waals surface area contributed by atoms with Gasteiger partial charge < -0.3 is 14.5 Å². The molecule has 2 aromatic carbocycles. The number of hydrogen-bond acceptors (Lipinski definition) is 3. The first-order valence-electron chi connectivity index (χ1n) is 7.88. The number of fused-ring (bicyclic) bond motifs is 1. The van der Waals surface area contributed by atoms with Crippen molar-refractivity contribution in [1.82, 2.24) is 4.90 Å². The number of benzene rings is 2. The fourth-order valence-electron chi connectivity index (χ4n) is 2.75. The van der Waals surface area contributed by atoms with Gasteiger partial charge in [-0.1, -0.05) is 30.3 Å². The van der Waals surface area contributed by atoms with Crippen LogP contribution in [0.25, 0.3) is 0 Å². The number of carbonyl (C=O) groups is 1. The lowest BCUT2D eigenvalue weighted by atomic mass is 10.1. The summed E-state index contributed by atoms with van der Waals surface area (Å²) in [6, 6.07) is 16.0. The second kappa shape index (κ2) is 6.73. The largest absolute Gasteiger partial charge is 0.491 e. The van der Waals surface area contributed by atoms with Crippen LogP contribution >= 0.6 is 0 Å². The lowest BCUT2D eigenvalue weighted by molar-refractivity contribution is -0.131. The third-order valence-corrected chi connectivity index (χ3v) is 4.09. The van der Waals surface area contributed by atoms with Gasteiger partial charge >= 0.3 is 0 Å². The molecule has 3 rings (SSSR count). The fourth-order valence-corrected chi connectivity index (χ4v) is 2.75. The minimum Gasteiger partial charge on any atom is -0.491 e. The number of rotatable bonds is 3. The third-order valence-electron chi connectivity index (χ3n) is 4.09. The summed E-state index contributed by atoms with van der Waals surface area (Å²) >= 11 is 0. The predicted octanol–water partition coefficient (Wildman–Crippen LogP) is 2.72. The second-order valence-corrected chi connectivity index (χ2v) is 6.01. The van der Waals surface area contributed by atoms with Gasteiger partial charge in [-0.05, 0) is 23.8 Å². The molecule has 2 aromatic rings. The van der Waals surface area contributed by atoms with Gasteiger partial charge in [-0.25, -0.2) is 0 Å². The summed E-state index contributed by atoms with van der Waals surface area (Å²) in [4.78, 5) is 16.6. The van der Waals surface area contributed by atoms with Gasteiger partial charge in [0.2, 0.25) is 5.91 Å². The van der Waals surface area contributed by atoms with Crippen molar-refractivity contribution in [2.75, 3.05) is 32.1 Å². The Bertz CT molecular complexity index is 683. The van der Waals surface area contributed by atoms with Crippen LogP contribution in [0.15, 0.2) is 48.5 Å². The van der Waals surface area contributed by atoms with E-state index in [4.69, 9.17) is 4.74 Å². The number of hydrogen-bond donors (Lipinski definition) is 0. The summed E-state index contributed by atoms with van der Waals surface area (Å²) in [6.07, 6.45) is 0.434. The molecule has 4 heteroatoms. The van der Waals surface area contributed by atoms with Gasteiger partial charge in [-0.2, -0.15) is 0 Å². The van der Waals surface area contributed by atoms with E-state index in [1.807, 2.05) is 61.5 Å². The van der Waals surface area contributed by atoms with Crippen LogP contribution in [0, 0.1) is 0 Å². The molecule has 0 atom stereocenters. The number of amides is 1. The Morgan fingerprint density at radius 1 is 1.17 bits per heavy atom. The van der Waals surface area contributed by atoms with Crippen molar-refractivity contribution in [2.24, 2.45) is 0 Å². The molecular formula is C19H22N2O2.